The van der Waals surface area contributed by atoms with Gasteiger partial charge in [-0.25, -0.2) is 9.18 Å². The summed E-state index contributed by atoms with van der Waals surface area (Å²) in [4.78, 5) is 13.2. The average Bonchev–Trinajstić information content (AvgIpc) is 2.16. The molecule has 1 heterocycles. The van der Waals surface area contributed by atoms with Crippen molar-refractivity contribution in [1.29, 1.82) is 0 Å². The Morgan fingerprint density at radius 1 is 1.41 bits per heavy atom. The standard InChI is InChI=1S/C11H21FN2O2.ClH/c1-10(2,3)16-9(15)14-6-4-11(12,8-13)5-7-14;/h4-8,13H2,1-3H3;1H. The Labute approximate surface area is 108 Å². The van der Waals surface area contributed by atoms with Crippen molar-refractivity contribution < 1.29 is 13.9 Å². The lowest BCUT2D eigenvalue weighted by atomic mass is 9.94. The van der Waals surface area contributed by atoms with Crippen molar-refractivity contribution in [2.45, 2.75) is 44.9 Å². The first-order valence-electron chi connectivity index (χ1n) is 5.63. The van der Waals surface area contributed by atoms with Gasteiger partial charge in [-0.1, -0.05) is 0 Å². The molecule has 4 nitrogen and oxygen atoms in total. The molecule has 0 bridgehead atoms. The van der Waals surface area contributed by atoms with E-state index in [1.165, 1.54) is 0 Å². The van der Waals surface area contributed by atoms with Crippen LogP contribution in [0.15, 0.2) is 0 Å². The lowest BCUT2D eigenvalue weighted by Gasteiger charge is -2.36. The topological polar surface area (TPSA) is 55.6 Å². The molecule has 0 aromatic carbocycles. The smallest absolute Gasteiger partial charge is 0.410 e. The quantitative estimate of drug-likeness (QED) is 0.792. The molecule has 1 amide bonds. The first-order chi connectivity index (χ1) is 7.26. The van der Waals surface area contributed by atoms with Crippen molar-refractivity contribution in [1.82, 2.24) is 4.90 Å². The highest BCUT2D eigenvalue weighted by atomic mass is 35.5. The third kappa shape index (κ3) is 5.08. The molecule has 0 radical (unpaired) electrons. The van der Waals surface area contributed by atoms with Gasteiger partial charge in [0.05, 0.1) is 0 Å². The van der Waals surface area contributed by atoms with Crippen molar-refractivity contribution in [2.24, 2.45) is 5.73 Å². The molecular weight excluding hydrogens is 247 g/mol. The molecule has 0 spiro atoms. The first kappa shape index (κ1) is 16.4. The van der Waals surface area contributed by atoms with Gasteiger partial charge in [-0.05, 0) is 20.8 Å². The van der Waals surface area contributed by atoms with Gasteiger partial charge in [0.25, 0.3) is 0 Å². The zero-order chi connectivity index (χ0) is 12.4. The van der Waals surface area contributed by atoms with Crippen LogP contribution in [0.1, 0.15) is 33.6 Å². The average molecular weight is 269 g/mol. The van der Waals surface area contributed by atoms with Gasteiger partial charge in [-0.15, -0.1) is 12.4 Å². The predicted molar refractivity (Wildman–Crippen MR) is 67.2 cm³/mol. The highest BCUT2D eigenvalue weighted by Gasteiger charge is 2.35. The maximum absolute atomic E-state index is 13.8. The second kappa shape index (κ2) is 5.87. The summed E-state index contributed by atoms with van der Waals surface area (Å²) < 4.78 is 19.0. The second-order valence-corrected chi connectivity index (χ2v) is 5.32. The molecular formula is C11H22ClFN2O2. The second-order valence-electron chi connectivity index (χ2n) is 5.32. The van der Waals surface area contributed by atoms with Crippen LogP contribution in [0.25, 0.3) is 0 Å². The maximum Gasteiger partial charge on any atom is 0.410 e. The van der Waals surface area contributed by atoms with E-state index in [0.717, 1.165) is 0 Å². The number of likely N-dealkylation sites (tertiary alicyclic amines) is 1. The number of carbonyl (C=O) groups is 1. The molecule has 0 saturated carbocycles. The van der Waals surface area contributed by atoms with Crippen molar-refractivity contribution >= 4 is 18.5 Å². The van der Waals surface area contributed by atoms with Crippen LogP contribution >= 0.6 is 12.4 Å². The Kier molecular flexibility index (Phi) is 5.68. The van der Waals surface area contributed by atoms with Gasteiger partial charge in [0, 0.05) is 32.5 Å². The van der Waals surface area contributed by atoms with E-state index in [-0.39, 0.29) is 25.0 Å². The summed E-state index contributed by atoms with van der Waals surface area (Å²) in [5.41, 5.74) is 3.54. The van der Waals surface area contributed by atoms with Crippen LogP contribution in [-0.4, -0.2) is 41.9 Å². The Hall–Kier alpha value is -0.550. The van der Waals surface area contributed by atoms with Crippen LogP contribution in [0, 0.1) is 0 Å². The van der Waals surface area contributed by atoms with E-state index in [9.17, 15) is 9.18 Å². The fourth-order valence-corrected chi connectivity index (χ4v) is 1.62. The number of alkyl halides is 1. The van der Waals surface area contributed by atoms with Gasteiger partial charge in [-0.3, -0.25) is 0 Å². The third-order valence-corrected chi connectivity index (χ3v) is 2.68. The zero-order valence-corrected chi connectivity index (χ0v) is 11.5. The van der Waals surface area contributed by atoms with E-state index in [1.807, 2.05) is 20.8 Å². The molecule has 6 heteroatoms. The fourth-order valence-electron chi connectivity index (χ4n) is 1.62. The summed E-state index contributed by atoms with van der Waals surface area (Å²) in [7, 11) is 0. The van der Waals surface area contributed by atoms with Crippen molar-refractivity contribution in [3.63, 3.8) is 0 Å². The number of ether oxygens (including phenoxy) is 1. The Balaban J connectivity index is 0.00000256. The predicted octanol–water partition coefficient (Wildman–Crippen LogP) is 2.11. The molecule has 2 N–H and O–H groups in total. The van der Waals surface area contributed by atoms with Gasteiger partial charge < -0.3 is 15.4 Å². The van der Waals surface area contributed by atoms with Crippen LogP contribution in [0.3, 0.4) is 0 Å². The molecule has 1 aliphatic heterocycles. The minimum Gasteiger partial charge on any atom is -0.444 e. The fraction of sp³-hybridized carbons (Fsp3) is 0.909. The molecule has 1 fully saturated rings. The number of hydrogen-bond acceptors (Lipinski definition) is 3. The molecule has 0 aliphatic carbocycles. The van der Waals surface area contributed by atoms with E-state index in [0.29, 0.717) is 25.9 Å². The molecule has 0 atom stereocenters. The summed E-state index contributed by atoms with van der Waals surface area (Å²) in [6.07, 6.45) is 0.220. The minimum absolute atomic E-state index is 0. The number of rotatable bonds is 1. The van der Waals surface area contributed by atoms with Crippen LogP contribution in [0.2, 0.25) is 0 Å². The number of nitrogens with two attached hydrogens (primary N) is 1. The van der Waals surface area contributed by atoms with Crippen molar-refractivity contribution in [2.75, 3.05) is 19.6 Å². The summed E-state index contributed by atoms with van der Waals surface area (Å²) >= 11 is 0. The summed E-state index contributed by atoms with van der Waals surface area (Å²) in [5, 5.41) is 0. The maximum atomic E-state index is 13.8. The lowest BCUT2D eigenvalue weighted by molar-refractivity contribution is 0.00502. The van der Waals surface area contributed by atoms with E-state index >= 15 is 0 Å². The third-order valence-electron chi connectivity index (χ3n) is 2.68. The Morgan fingerprint density at radius 2 is 1.88 bits per heavy atom. The first-order valence-corrected chi connectivity index (χ1v) is 5.63. The minimum atomic E-state index is -1.31. The molecule has 1 saturated heterocycles. The normalized spacial score (nSPS) is 19.5. The largest absolute Gasteiger partial charge is 0.444 e. The highest BCUT2D eigenvalue weighted by molar-refractivity contribution is 5.85. The molecule has 1 aliphatic rings. The van der Waals surface area contributed by atoms with Crippen LogP contribution in [0.5, 0.6) is 0 Å². The lowest BCUT2D eigenvalue weighted by Crippen LogP contribution is -2.49. The number of piperidine rings is 1. The number of amides is 1. The van der Waals surface area contributed by atoms with E-state index < -0.39 is 11.3 Å². The van der Waals surface area contributed by atoms with Gasteiger partial charge >= 0.3 is 6.09 Å². The highest BCUT2D eigenvalue weighted by Crippen LogP contribution is 2.26. The summed E-state index contributed by atoms with van der Waals surface area (Å²) in [6.45, 7) is 6.22. The van der Waals surface area contributed by atoms with Gasteiger partial charge in [0.2, 0.25) is 0 Å². The van der Waals surface area contributed by atoms with Gasteiger partial charge in [0.1, 0.15) is 11.3 Å². The molecule has 1 rings (SSSR count). The summed E-state index contributed by atoms with van der Waals surface area (Å²) in [5.74, 6) is 0. The van der Waals surface area contributed by atoms with Crippen LogP contribution in [-0.2, 0) is 4.74 Å². The molecule has 0 unspecified atom stereocenters. The van der Waals surface area contributed by atoms with Crippen LogP contribution in [0.4, 0.5) is 9.18 Å². The summed E-state index contributed by atoms with van der Waals surface area (Å²) in [6, 6.07) is 0. The number of nitrogens with zero attached hydrogens (tertiary/aromatic N) is 1. The van der Waals surface area contributed by atoms with E-state index in [4.69, 9.17) is 10.5 Å². The number of hydrogen-bond donors (Lipinski definition) is 1. The number of halogens is 2. The van der Waals surface area contributed by atoms with Crippen LogP contribution < -0.4 is 5.73 Å². The monoisotopic (exact) mass is 268 g/mol. The van der Waals surface area contributed by atoms with Crippen molar-refractivity contribution in [3.05, 3.63) is 0 Å². The Bertz CT molecular complexity index is 261. The molecule has 0 aromatic rings. The number of carbonyl (C=O) groups excluding carboxylic acids is 1. The molecule has 17 heavy (non-hydrogen) atoms. The SMILES string of the molecule is CC(C)(C)OC(=O)N1CCC(F)(CN)CC1.Cl. The van der Waals surface area contributed by atoms with E-state index in [1.54, 1.807) is 4.90 Å². The van der Waals surface area contributed by atoms with Gasteiger partial charge in [-0.2, -0.15) is 0 Å². The Morgan fingerprint density at radius 3 is 2.24 bits per heavy atom. The van der Waals surface area contributed by atoms with Gasteiger partial charge in [0.15, 0.2) is 0 Å². The molecule has 102 valence electrons. The zero-order valence-electron chi connectivity index (χ0n) is 10.7. The van der Waals surface area contributed by atoms with E-state index in [2.05, 4.69) is 0 Å². The van der Waals surface area contributed by atoms with Crippen molar-refractivity contribution in [3.8, 4) is 0 Å². The molecule has 0 aromatic heterocycles.